The standard InChI is InChI=1S/C31H41N5O7/c1-4-31(17-41-28(37)40-9-7-6-8-30-14-20-10-21(15-30)12-22(11-20)16-30)23(42-29(38)39-5-2)13-24(43-31)36-18-33-25-26(32)34-19(3)35-27(25)36/h1,18,20-24H,5-17H2,2-3H3,(H2,32,34,35)/t20?,21?,22?,23-,24+,30?,31+/m0/s1. The fourth-order valence-electron chi connectivity index (χ4n) is 8.44. The quantitative estimate of drug-likeness (QED) is 0.222. The van der Waals surface area contributed by atoms with E-state index >= 15 is 0 Å². The van der Waals surface area contributed by atoms with Crippen LogP contribution in [0.15, 0.2) is 6.33 Å². The number of unbranched alkanes of at least 4 members (excludes halogenated alkanes) is 1. The lowest BCUT2D eigenvalue weighted by Crippen LogP contribution is -2.46. The number of nitrogen functional groups attached to an aromatic ring is 1. The summed E-state index contributed by atoms with van der Waals surface area (Å²) in [6, 6.07) is 0. The third kappa shape index (κ3) is 5.96. The Morgan fingerprint density at radius 2 is 1.79 bits per heavy atom. The maximum absolute atomic E-state index is 12.6. The van der Waals surface area contributed by atoms with E-state index in [1.54, 1.807) is 18.4 Å². The molecule has 1 aliphatic heterocycles. The van der Waals surface area contributed by atoms with E-state index in [4.69, 9.17) is 35.8 Å². The minimum Gasteiger partial charge on any atom is -0.435 e. The van der Waals surface area contributed by atoms with Crippen LogP contribution in [-0.4, -0.2) is 63.4 Å². The molecule has 0 spiro atoms. The van der Waals surface area contributed by atoms with Crippen molar-refractivity contribution in [3.63, 3.8) is 0 Å². The van der Waals surface area contributed by atoms with Crippen molar-refractivity contribution in [3.05, 3.63) is 12.2 Å². The number of carbonyl (C=O) groups is 2. The summed E-state index contributed by atoms with van der Waals surface area (Å²) < 4.78 is 29.2. The number of hydrogen-bond acceptors (Lipinski definition) is 11. The number of terminal acetylenes is 1. The summed E-state index contributed by atoms with van der Waals surface area (Å²) in [6.07, 6.45) is 15.5. The van der Waals surface area contributed by atoms with Gasteiger partial charge in [-0.05, 0) is 94.8 Å². The van der Waals surface area contributed by atoms with E-state index in [9.17, 15) is 9.59 Å². The van der Waals surface area contributed by atoms with E-state index in [2.05, 4.69) is 20.9 Å². The van der Waals surface area contributed by atoms with E-state index in [0.717, 1.165) is 30.6 Å². The molecular weight excluding hydrogens is 554 g/mol. The van der Waals surface area contributed by atoms with Crippen LogP contribution in [-0.2, 0) is 23.7 Å². The number of aryl methyl sites for hydroxylation is 1. The first-order chi connectivity index (χ1) is 20.7. The second-order valence-electron chi connectivity index (χ2n) is 12.9. The SMILES string of the molecule is C#C[C@]1(COC(=O)OCCCCC23CC4CC(CC(C4)C2)C3)O[C@@H](n2cnc3c(N)nc(C)nc32)C[C@@H]1OC(=O)OCC. The first kappa shape index (κ1) is 29.5. The van der Waals surface area contributed by atoms with E-state index < -0.39 is 30.2 Å². The van der Waals surface area contributed by atoms with Gasteiger partial charge in [0.2, 0.25) is 5.60 Å². The Kier molecular flexibility index (Phi) is 8.11. The van der Waals surface area contributed by atoms with Crippen molar-refractivity contribution in [2.45, 2.75) is 96.0 Å². The van der Waals surface area contributed by atoms with E-state index in [-0.39, 0.29) is 32.1 Å². The monoisotopic (exact) mass is 595 g/mol. The molecule has 5 aliphatic rings. The molecule has 0 unspecified atom stereocenters. The summed E-state index contributed by atoms with van der Waals surface area (Å²) >= 11 is 0. The van der Waals surface area contributed by atoms with Crippen LogP contribution in [0.25, 0.3) is 11.2 Å². The van der Waals surface area contributed by atoms with Crippen molar-refractivity contribution >= 4 is 29.3 Å². The summed E-state index contributed by atoms with van der Waals surface area (Å²) in [5.41, 5.74) is 5.77. The van der Waals surface area contributed by atoms with Crippen LogP contribution in [0, 0.1) is 42.4 Å². The second kappa shape index (κ2) is 11.8. The number of ether oxygens (including phenoxy) is 5. The Morgan fingerprint density at radius 1 is 1.07 bits per heavy atom. The maximum atomic E-state index is 12.6. The molecule has 5 fully saturated rings. The molecule has 0 aromatic carbocycles. The molecule has 2 aromatic heterocycles. The molecule has 3 heterocycles. The maximum Gasteiger partial charge on any atom is 0.508 e. The van der Waals surface area contributed by atoms with Gasteiger partial charge in [-0.1, -0.05) is 5.92 Å². The summed E-state index contributed by atoms with van der Waals surface area (Å²) in [7, 11) is 0. The molecule has 2 N–H and O–H groups in total. The Balaban J connectivity index is 1.05. The zero-order valence-electron chi connectivity index (χ0n) is 25.0. The highest BCUT2D eigenvalue weighted by molar-refractivity contribution is 5.81. The predicted molar refractivity (Wildman–Crippen MR) is 154 cm³/mol. The highest BCUT2D eigenvalue weighted by atomic mass is 16.7. The van der Waals surface area contributed by atoms with Crippen LogP contribution in [0.1, 0.15) is 83.2 Å². The van der Waals surface area contributed by atoms with Gasteiger partial charge in [-0.15, -0.1) is 6.42 Å². The van der Waals surface area contributed by atoms with Crippen molar-refractivity contribution in [3.8, 4) is 12.3 Å². The van der Waals surface area contributed by atoms with Crippen LogP contribution >= 0.6 is 0 Å². The van der Waals surface area contributed by atoms with Crippen LogP contribution in [0.3, 0.4) is 0 Å². The van der Waals surface area contributed by atoms with Gasteiger partial charge in [0.05, 0.1) is 19.5 Å². The summed E-state index contributed by atoms with van der Waals surface area (Å²) in [6.45, 7) is 3.37. The summed E-state index contributed by atoms with van der Waals surface area (Å²) in [4.78, 5) is 37.8. The smallest absolute Gasteiger partial charge is 0.435 e. The van der Waals surface area contributed by atoms with Crippen LogP contribution in [0.2, 0.25) is 0 Å². The van der Waals surface area contributed by atoms with Crippen LogP contribution in [0.4, 0.5) is 15.4 Å². The van der Waals surface area contributed by atoms with Gasteiger partial charge in [0, 0.05) is 6.42 Å². The Bertz CT molecular complexity index is 1370. The number of aromatic nitrogens is 4. The van der Waals surface area contributed by atoms with Crippen molar-refractivity contribution in [2.75, 3.05) is 25.6 Å². The molecule has 3 atom stereocenters. The van der Waals surface area contributed by atoms with Gasteiger partial charge >= 0.3 is 12.3 Å². The molecule has 1 saturated heterocycles. The molecule has 7 rings (SSSR count). The molecular formula is C31H41N5O7. The third-order valence-electron chi connectivity index (χ3n) is 9.79. The van der Waals surface area contributed by atoms with Crippen molar-refractivity contribution in [1.29, 1.82) is 0 Å². The normalized spacial score (nSPS) is 32.4. The molecule has 4 aliphatic carbocycles. The number of nitrogens with zero attached hydrogens (tertiary/aromatic N) is 4. The highest BCUT2D eigenvalue weighted by Gasteiger charge is 2.53. The molecule has 4 saturated carbocycles. The van der Waals surface area contributed by atoms with Gasteiger partial charge < -0.3 is 29.4 Å². The lowest BCUT2D eigenvalue weighted by molar-refractivity contribution is -0.105. The first-order valence-corrected chi connectivity index (χ1v) is 15.5. The Labute approximate surface area is 251 Å². The molecule has 232 valence electrons. The summed E-state index contributed by atoms with van der Waals surface area (Å²) in [5.74, 6) is 6.02. The van der Waals surface area contributed by atoms with Crippen molar-refractivity contribution < 1.29 is 33.3 Å². The molecule has 2 aromatic rings. The first-order valence-electron chi connectivity index (χ1n) is 15.5. The minimum atomic E-state index is -1.60. The van der Waals surface area contributed by atoms with Crippen LogP contribution in [0.5, 0.6) is 0 Å². The predicted octanol–water partition coefficient (Wildman–Crippen LogP) is 5.09. The Morgan fingerprint density at radius 3 is 2.47 bits per heavy atom. The summed E-state index contributed by atoms with van der Waals surface area (Å²) in [5, 5.41) is 0. The average molecular weight is 596 g/mol. The van der Waals surface area contributed by atoms with Crippen molar-refractivity contribution in [1.82, 2.24) is 19.5 Å². The molecule has 43 heavy (non-hydrogen) atoms. The van der Waals surface area contributed by atoms with E-state index in [0.29, 0.717) is 22.4 Å². The number of imidazole rings is 1. The van der Waals surface area contributed by atoms with Crippen molar-refractivity contribution in [2.24, 2.45) is 23.2 Å². The van der Waals surface area contributed by atoms with E-state index in [1.165, 1.54) is 51.3 Å². The second-order valence-corrected chi connectivity index (χ2v) is 12.9. The largest absolute Gasteiger partial charge is 0.508 e. The molecule has 12 nitrogen and oxygen atoms in total. The fourth-order valence-corrected chi connectivity index (χ4v) is 8.44. The van der Waals surface area contributed by atoms with Gasteiger partial charge in [0.25, 0.3) is 0 Å². The lowest BCUT2D eigenvalue weighted by atomic mass is 9.48. The third-order valence-corrected chi connectivity index (χ3v) is 9.79. The molecule has 0 radical (unpaired) electrons. The zero-order chi connectivity index (χ0) is 30.2. The zero-order valence-corrected chi connectivity index (χ0v) is 25.0. The van der Waals surface area contributed by atoms with Crippen LogP contribution < -0.4 is 5.73 Å². The minimum absolute atomic E-state index is 0.117. The molecule has 0 amide bonds. The lowest BCUT2D eigenvalue weighted by Gasteiger charge is -2.57. The highest BCUT2D eigenvalue weighted by Crippen LogP contribution is 2.61. The fraction of sp³-hybridized carbons (Fsp3) is 0.710. The van der Waals surface area contributed by atoms with Gasteiger partial charge in [-0.3, -0.25) is 4.57 Å². The molecule has 12 heteroatoms. The van der Waals surface area contributed by atoms with E-state index in [1.807, 2.05) is 0 Å². The topological polar surface area (TPSA) is 150 Å². The van der Waals surface area contributed by atoms with Gasteiger partial charge in [-0.25, -0.2) is 24.5 Å². The number of anilines is 1. The average Bonchev–Trinajstić information content (AvgIpc) is 3.53. The van der Waals surface area contributed by atoms with Gasteiger partial charge in [0.15, 0.2) is 17.6 Å². The number of hydrogen-bond donors (Lipinski definition) is 1. The Hall–Kier alpha value is -3.59. The number of carbonyl (C=O) groups excluding carboxylic acids is 2. The number of rotatable bonds is 10. The van der Waals surface area contributed by atoms with Gasteiger partial charge in [-0.2, -0.15) is 0 Å². The number of fused-ring (bicyclic) bond motifs is 1. The number of nitrogens with two attached hydrogens (primary N) is 1. The van der Waals surface area contributed by atoms with Gasteiger partial charge in [0.1, 0.15) is 24.2 Å². The molecule has 4 bridgehead atoms.